The molecule has 0 radical (unpaired) electrons. The second kappa shape index (κ2) is 3.79. The van der Waals surface area contributed by atoms with E-state index in [4.69, 9.17) is 15.6 Å². The molecule has 0 spiro atoms. The first-order chi connectivity index (χ1) is 7.08. The van der Waals surface area contributed by atoms with Crippen LogP contribution < -0.4 is 5.73 Å². The minimum Gasteiger partial charge on any atom is -0.476 e. The topological polar surface area (TPSA) is 85.4 Å². The van der Waals surface area contributed by atoms with Gasteiger partial charge in [0.2, 0.25) is 0 Å². The molecular weight excluding hydrogens is 216 g/mol. The molecule has 1 aromatic rings. The van der Waals surface area contributed by atoms with Gasteiger partial charge in [0.05, 0.1) is 17.1 Å². The van der Waals surface area contributed by atoms with Crippen molar-refractivity contribution in [2.45, 2.75) is 32.0 Å². The Labute approximate surface area is 90.9 Å². The van der Waals surface area contributed by atoms with Crippen molar-refractivity contribution in [1.82, 2.24) is 4.98 Å². The summed E-state index contributed by atoms with van der Waals surface area (Å²) in [5.41, 5.74) is 5.55. The normalized spacial score (nSPS) is 25.7. The molecule has 0 amide bonds. The van der Waals surface area contributed by atoms with Crippen molar-refractivity contribution in [2.75, 3.05) is 5.73 Å². The van der Waals surface area contributed by atoms with Crippen LogP contribution in [0, 0.1) is 0 Å². The summed E-state index contributed by atoms with van der Waals surface area (Å²) in [5, 5.41) is 9.22. The summed E-state index contributed by atoms with van der Waals surface area (Å²) < 4.78 is 5.60. The van der Waals surface area contributed by atoms with Gasteiger partial charge in [-0.1, -0.05) is 11.3 Å². The first-order valence-electron chi connectivity index (χ1n) is 4.73. The lowest BCUT2D eigenvalue weighted by Gasteiger charge is -2.08. The van der Waals surface area contributed by atoms with Crippen LogP contribution in [0.15, 0.2) is 0 Å². The quantitative estimate of drug-likeness (QED) is 0.804. The van der Waals surface area contributed by atoms with Gasteiger partial charge < -0.3 is 15.6 Å². The fraction of sp³-hybridized carbons (Fsp3) is 0.556. The largest absolute Gasteiger partial charge is 0.476 e. The molecular formula is C9H12N2O3S. The van der Waals surface area contributed by atoms with Crippen molar-refractivity contribution < 1.29 is 14.6 Å². The molecule has 15 heavy (non-hydrogen) atoms. The van der Waals surface area contributed by atoms with Crippen molar-refractivity contribution >= 4 is 22.4 Å². The van der Waals surface area contributed by atoms with Gasteiger partial charge in [0.1, 0.15) is 0 Å². The fourth-order valence-corrected chi connectivity index (χ4v) is 2.61. The van der Waals surface area contributed by atoms with Crippen LogP contribution in [-0.4, -0.2) is 22.2 Å². The number of thiazole rings is 1. The Morgan fingerprint density at radius 1 is 1.67 bits per heavy atom. The molecule has 2 atom stereocenters. The van der Waals surface area contributed by atoms with Crippen LogP contribution in [0.4, 0.5) is 5.13 Å². The summed E-state index contributed by atoms with van der Waals surface area (Å²) in [6.45, 7) is 1.98. The molecule has 1 saturated heterocycles. The number of nitrogens with two attached hydrogens (primary N) is 1. The number of ether oxygens (including phenoxy) is 1. The number of nitrogen functional groups attached to an aromatic ring is 1. The van der Waals surface area contributed by atoms with E-state index in [0.717, 1.165) is 12.8 Å². The standard InChI is InChI=1S/C9H12N2O3S/c1-4-2-3-5(14-4)7-6(8(12)13)11-9(10)15-7/h4-5H,2-3H2,1H3,(H2,10,11)(H,12,13). The van der Waals surface area contributed by atoms with Gasteiger partial charge in [-0.15, -0.1) is 0 Å². The van der Waals surface area contributed by atoms with Gasteiger partial charge >= 0.3 is 5.97 Å². The molecule has 0 aliphatic carbocycles. The molecule has 2 heterocycles. The van der Waals surface area contributed by atoms with Crippen LogP contribution in [0.25, 0.3) is 0 Å². The second-order valence-electron chi connectivity index (χ2n) is 3.58. The highest BCUT2D eigenvalue weighted by molar-refractivity contribution is 7.15. The van der Waals surface area contributed by atoms with Gasteiger partial charge in [-0.25, -0.2) is 9.78 Å². The average Bonchev–Trinajstić information content (AvgIpc) is 2.71. The van der Waals surface area contributed by atoms with Gasteiger partial charge in [0.25, 0.3) is 0 Å². The molecule has 1 aliphatic rings. The molecule has 1 aliphatic heterocycles. The molecule has 0 saturated carbocycles. The zero-order chi connectivity index (χ0) is 11.0. The molecule has 0 aromatic carbocycles. The van der Waals surface area contributed by atoms with Gasteiger partial charge in [-0.2, -0.15) is 0 Å². The predicted molar refractivity (Wildman–Crippen MR) is 56.0 cm³/mol. The monoisotopic (exact) mass is 228 g/mol. The molecule has 2 unspecified atom stereocenters. The zero-order valence-corrected chi connectivity index (χ0v) is 9.08. The SMILES string of the molecule is CC1CCC(c2sc(N)nc2C(=O)O)O1. The van der Waals surface area contributed by atoms with Crippen molar-refractivity contribution in [3.05, 3.63) is 10.6 Å². The fourth-order valence-electron chi connectivity index (χ4n) is 1.72. The highest BCUT2D eigenvalue weighted by Gasteiger charge is 2.30. The Bertz CT molecular complexity index is 391. The van der Waals surface area contributed by atoms with Crippen molar-refractivity contribution in [3.63, 3.8) is 0 Å². The van der Waals surface area contributed by atoms with E-state index in [-0.39, 0.29) is 23.0 Å². The summed E-state index contributed by atoms with van der Waals surface area (Å²) in [4.78, 5) is 15.3. The number of rotatable bonds is 2. The maximum absolute atomic E-state index is 10.9. The van der Waals surface area contributed by atoms with Crippen LogP contribution in [0.2, 0.25) is 0 Å². The number of nitrogens with zero attached hydrogens (tertiary/aromatic N) is 1. The number of carbonyl (C=O) groups is 1. The van der Waals surface area contributed by atoms with E-state index in [1.807, 2.05) is 6.92 Å². The van der Waals surface area contributed by atoms with E-state index in [1.54, 1.807) is 0 Å². The van der Waals surface area contributed by atoms with Gasteiger partial charge in [0.15, 0.2) is 10.8 Å². The van der Waals surface area contributed by atoms with Crippen molar-refractivity contribution in [2.24, 2.45) is 0 Å². The second-order valence-corrected chi connectivity index (χ2v) is 4.65. The maximum atomic E-state index is 10.9. The average molecular weight is 228 g/mol. The highest BCUT2D eigenvalue weighted by atomic mass is 32.1. The van der Waals surface area contributed by atoms with Gasteiger partial charge in [0, 0.05) is 0 Å². The van der Waals surface area contributed by atoms with E-state index in [0.29, 0.717) is 4.88 Å². The third-order valence-electron chi connectivity index (χ3n) is 2.40. The van der Waals surface area contributed by atoms with Crippen LogP contribution in [0.3, 0.4) is 0 Å². The Hall–Kier alpha value is -1.14. The molecule has 0 bridgehead atoms. The van der Waals surface area contributed by atoms with Gasteiger partial charge in [-0.05, 0) is 19.8 Å². The van der Waals surface area contributed by atoms with Crippen molar-refractivity contribution in [1.29, 1.82) is 0 Å². The molecule has 2 rings (SSSR count). The molecule has 1 aromatic heterocycles. The van der Waals surface area contributed by atoms with Gasteiger partial charge in [-0.3, -0.25) is 0 Å². The zero-order valence-electron chi connectivity index (χ0n) is 8.27. The Morgan fingerprint density at radius 3 is 2.93 bits per heavy atom. The predicted octanol–water partition coefficient (Wildman–Crippen LogP) is 1.66. The van der Waals surface area contributed by atoms with E-state index in [1.165, 1.54) is 11.3 Å². The number of carboxylic acids is 1. The lowest BCUT2D eigenvalue weighted by Crippen LogP contribution is -2.06. The minimum absolute atomic E-state index is 0.0385. The lowest BCUT2D eigenvalue weighted by atomic mass is 10.1. The Morgan fingerprint density at radius 2 is 2.40 bits per heavy atom. The van der Waals surface area contributed by atoms with E-state index in [9.17, 15) is 4.79 Å². The van der Waals surface area contributed by atoms with Crippen LogP contribution in [0.1, 0.15) is 41.2 Å². The Balaban J connectivity index is 2.30. The number of hydrogen-bond donors (Lipinski definition) is 2. The van der Waals surface area contributed by atoms with Crippen LogP contribution in [0.5, 0.6) is 0 Å². The first-order valence-corrected chi connectivity index (χ1v) is 5.54. The Kier molecular flexibility index (Phi) is 2.62. The van der Waals surface area contributed by atoms with E-state index < -0.39 is 5.97 Å². The third kappa shape index (κ3) is 1.95. The summed E-state index contributed by atoms with van der Waals surface area (Å²) in [6.07, 6.45) is 1.81. The summed E-state index contributed by atoms with van der Waals surface area (Å²) in [7, 11) is 0. The minimum atomic E-state index is -1.04. The third-order valence-corrected chi connectivity index (χ3v) is 3.37. The summed E-state index contributed by atoms with van der Waals surface area (Å²) in [6, 6.07) is 0. The molecule has 5 nitrogen and oxygen atoms in total. The highest BCUT2D eigenvalue weighted by Crippen LogP contribution is 2.38. The lowest BCUT2D eigenvalue weighted by molar-refractivity contribution is 0.0539. The first kappa shape index (κ1) is 10.4. The van der Waals surface area contributed by atoms with Crippen LogP contribution >= 0.6 is 11.3 Å². The molecule has 3 N–H and O–H groups in total. The summed E-state index contributed by atoms with van der Waals surface area (Å²) in [5.74, 6) is -1.04. The number of anilines is 1. The van der Waals surface area contributed by atoms with E-state index in [2.05, 4.69) is 4.98 Å². The van der Waals surface area contributed by atoms with Crippen LogP contribution in [-0.2, 0) is 4.74 Å². The number of carboxylic acid groups (broad SMARTS) is 1. The number of aromatic carboxylic acids is 1. The smallest absolute Gasteiger partial charge is 0.355 e. The molecule has 1 fully saturated rings. The number of hydrogen-bond acceptors (Lipinski definition) is 5. The molecule has 82 valence electrons. The molecule has 6 heteroatoms. The van der Waals surface area contributed by atoms with E-state index >= 15 is 0 Å². The number of aromatic nitrogens is 1. The summed E-state index contributed by atoms with van der Waals surface area (Å²) >= 11 is 1.20. The maximum Gasteiger partial charge on any atom is 0.355 e. The van der Waals surface area contributed by atoms with Crippen molar-refractivity contribution in [3.8, 4) is 0 Å².